The third-order valence-corrected chi connectivity index (χ3v) is 4.86. The smallest absolute Gasteiger partial charge is 0.194 e. The van der Waals surface area contributed by atoms with Crippen LogP contribution in [-0.4, -0.2) is 54.9 Å². The molecule has 5 nitrogen and oxygen atoms in total. The maximum Gasteiger partial charge on any atom is 0.194 e. The van der Waals surface area contributed by atoms with E-state index < -0.39 is 6.10 Å². The van der Waals surface area contributed by atoms with Gasteiger partial charge in [-0.15, -0.1) is 24.0 Å². The lowest BCUT2D eigenvalue weighted by atomic mass is 10.00. The van der Waals surface area contributed by atoms with Crippen LogP contribution in [0.3, 0.4) is 0 Å². The van der Waals surface area contributed by atoms with Gasteiger partial charge in [0.05, 0.1) is 25.9 Å². The molecule has 30 heavy (non-hydrogen) atoms. The van der Waals surface area contributed by atoms with Gasteiger partial charge in [0.1, 0.15) is 0 Å². The molecule has 1 aliphatic rings. The first-order valence-corrected chi connectivity index (χ1v) is 10.3. The number of aliphatic hydroxyl groups is 1. The maximum atomic E-state index is 10.2. The number of nitrogens with one attached hydrogen (secondary N) is 1. The zero-order chi connectivity index (χ0) is 20.3. The molecule has 6 heteroatoms. The van der Waals surface area contributed by atoms with Gasteiger partial charge in [-0.3, -0.25) is 4.99 Å². The minimum atomic E-state index is -0.618. The van der Waals surface area contributed by atoms with Crippen molar-refractivity contribution in [2.45, 2.75) is 26.1 Å². The summed E-state index contributed by atoms with van der Waals surface area (Å²) in [4.78, 5) is 6.86. The third-order valence-electron chi connectivity index (χ3n) is 4.86. The summed E-state index contributed by atoms with van der Waals surface area (Å²) in [6.45, 7) is 5.68. The van der Waals surface area contributed by atoms with Crippen molar-refractivity contribution in [2.24, 2.45) is 4.99 Å². The Kier molecular flexibility index (Phi) is 10.9. The second-order valence-electron chi connectivity index (χ2n) is 7.14. The van der Waals surface area contributed by atoms with Crippen LogP contribution in [0.25, 0.3) is 5.57 Å². The van der Waals surface area contributed by atoms with Crippen molar-refractivity contribution >= 4 is 35.5 Å². The largest absolute Gasteiger partial charge is 0.389 e. The molecule has 1 atom stereocenters. The molecule has 0 fully saturated rings. The summed E-state index contributed by atoms with van der Waals surface area (Å²) in [5.74, 6) is 0.845. The fourth-order valence-corrected chi connectivity index (χ4v) is 3.33. The Hall–Kier alpha value is -1.90. The number of hydrogen-bond donors (Lipinski definition) is 2. The predicted molar refractivity (Wildman–Crippen MR) is 134 cm³/mol. The fourth-order valence-electron chi connectivity index (χ4n) is 3.33. The maximum absolute atomic E-state index is 10.2. The number of rotatable bonds is 8. The topological polar surface area (TPSA) is 57.1 Å². The zero-order valence-electron chi connectivity index (χ0n) is 17.5. The van der Waals surface area contributed by atoms with Gasteiger partial charge in [0.25, 0.3) is 0 Å². The molecule has 3 rings (SSSR count). The highest BCUT2D eigenvalue weighted by Crippen LogP contribution is 2.21. The lowest BCUT2D eigenvalue weighted by Gasteiger charge is -2.30. The van der Waals surface area contributed by atoms with Crippen LogP contribution in [0.1, 0.15) is 24.5 Å². The molecule has 0 saturated carbocycles. The van der Waals surface area contributed by atoms with Gasteiger partial charge in [0, 0.05) is 19.6 Å². The van der Waals surface area contributed by atoms with E-state index in [1.807, 2.05) is 36.4 Å². The van der Waals surface area contributed by atoms with Crippen LogP contribution in [0.5, 0.6) is 0 Å². The molecule has 2 aromatic carbocycles. The molecule has 1 unspecified atom stereocenters. The van der Waals surface area contributed by atoms with Crippen LogP contribution in [0.4, 0.5) is 0 Å². The Balaban J connectivity index is 0.00000320. The van der Waals surface area contributed by atoms with Gasteiger partial charge in [-0.1, -0.05) is 66.7 Å². The van der Waals surface area contributed by atoms with Crippen molar-refractivity contribution in [3.8, 4) is 0 Å². The minimum absolute atomic E-state index is 0. The standard InChI is InChI=1S/C24H31N3O2.HI/c1-2-25-24(26-17-23(28)19-29-18-20-9-5-3-6-10-20)27-15-13-22(14-16-27)21-11-7-4-8-12-21;/h3-13,23,28H,2,14-19H2,1H3,(H,25,26);1H. The van der Waals surface area contributed by atoms with E-state index in [-0.39, 0.29) is 30.6 Å². The Morgan fingerprint density at radius 2 is 1.83 bits per heavy atom. The van der Waals surface area contributed by atoms with E-state index >= 15 is 0 Å². The van der Waals surface area contributed by atoms with Crippen molar-refractivity contribution in [3.05, 3.63) is 77.9 Å². The minimum Gasteiger partial charge on any atom is -0.389 e. The lowest BCUT2D eigenvalue weighted by molar-refractivity contribution is 0.0330. The molecule has 0 bridgehead atoms. The third kappa shape index (κ3) is 7.74. The first-order valence-electron chi connectivity index (χ1n) is 10.3. The zero-order valence-corrected chi connectivity index (χ0v) is 19.9. The average molecular weight is 521 g/mol. The molecule has 0 radical (unpaired) electrons. The van der Waals surface area contributed by atoms with Gasteiger partial charge >= 0.3 is 0 Å². The monoisotopic (exact) mass is 521 g/mol. The summed E-state index contributed by atoms with van der Waals surface area (Å²) in [6, 6.07) is 20.5. The summed E-state index contributed by atoms with van der Waals surface area (Å²) in [5.41, 5.74) is 3.78. The van der Waals surface area contributed by atoms with Crippen molar-refractivity contribution in [3.63, 3.8) is 0 Å². The van der Waals surface area contributed by atoms with Gasteiger partial charge in [-0.25, -0.2) is 0 Å². The number of hydrogen-bond acceptors (Lipinski definition) is 3. The number of halogens is 1. The lowest BCUT2D eigenvalue weighted by Crippen LogP contribution is -2.44. The van der Waals surface area contributed by atoms with Crippen LogP contribution in [-0.2, 0) is 11.3 Å². The predicted octanol–water partition coefficient (Wildman–Crippen LogP) is 3.94. The fraction of sp³-hybridized carbons (Fsp3) is 0.375. The quantitative estimate of drug-likeness (QED) is 0.314. The molecular formula is C24H32IN3O2. The highest BCUT2D eigenvalue weighted by molar-refractivity contribution is 14.0. The Morgan fingerprint density at radius 3 is 2.47 bits per heavy atom. The Bertz CT molecular complexity index is 797. The number of aliphatic hydroxyl groups excluding tert-OH is 1. The summed E-state index contributed by atoms with van der Waals surface area (Å²) in [6.07, 6.45) is 2.63. The first-order chi connectivity index (χ1) is 14.3. The molecule has 0 amide bonds. The van der Waals surface area contributed by atoms with Crippen LogP contribution in [0.15, 0.2) is 71.7 Å². The summed E-state index contributed by atoms with van der Waals surface area (Å²) in [7, 11) is 0. The summed E-state index contributed by atoms with van der Waals surface area (Å²) < 4.78 is 5.62. The van der Waals surface area contributed by atoms with Crippen LogP contribution >= 0.6 is 24.0 Å². The molecular weight excluding hydrogens is 489 g/mol. The average Bonchev–Trinajstić information content (AvgIpc) is 2.78. The van der Waals surface area contributed by atoms with E-state index in [0.29, 0.717) is 13.2 Å². The van der Waals surface area contributed by atoms with Gasteiger partial charge in [-0.05, 0) is 30.0 Å². The van der Waals surface area contributed by atoms with E-state index in [1.54, 1.807) is 0 Å². The Labute approximate surface area is 196 Å². The molecule has 2 aromatic rings. The van der Waals surface area contributed by atoms with E-state index in [2.05, 4.69) is 52.5 Å². The summed E-state index contributed by atoms with van der Waals surface area (Å²) >= 11 is 0. The molecule has 162 valence electrons. The number of guanidine groups is 1. The van der Waals surface area contributed by atoms with E-state index in [0.717, 1.165) is 37.6 Å². The van der Waals surface area contributed by atoms with E-state index in [9.17, 15) is 5.11 Å². The van der Waals surface area contributed by atoms with Gasteiger partial charge in [0.2, 0.25) is 0 Å². The highest BCUT2D eigenvalue weighted by atomic mass is 127. The molecule has 1 heterocycles. The second-order valence-corrected chi connectivity index (χ2v) is 7.14. The molecule has 0 saturated heterocycles. The number of nitrogens with zero attached hydrogens (tertiary/aromatic N) is 2. The molecule has 0 aliphatic carbocycles. The van der Waals surface area contributed by atoms with E-state index in [4.69, 9.17) is 4.74 Å². The number of benzene rings is 2. The van der Waals surface area contributed by atoms with Crippen LogP contribution in [0, 0.1) is 0 Å². The van der Waals surface area contributed by atoms with E-state index in [1.165, 1.54) is 11.1 Å². The molecule has 1 aliphatic heterocycles. The number of aliphatic imine (C=N–C) groups is 1. The Morgan fingerprint density at radius 1 is 1.13 bits per heavy atom. The van der Waals surface area contributed by atoms with Crippen molar-refractivity contribution in [2.75, 3.05) is 32.8 Å². The van der Waals surface area contributed by atoms with Crippen molar-refractivity contribution in [1.29, 1.82) is 0 Å². The normalized spacial score (nSPS) is 15.2. The second kappa shape index (κ2) is 13.4. The van der Waals surface area contributed by atoms with Gasteiger partial charge in [0.15, 0.2) is 5.96 Å². The van der Waals surface area contributed by atoms with Crippen molar-refractivity contribution < 1.29 is 9.84 Å². The SMILES string of the molecule is CCNC(=NCC(O)COCc1ccccc1)N1CC=C(c2ccccc2)CC1.I. The molecule has 0 spiro atoms. The highest BCUT2D eigenvalue weighted by Gasteiger charge is 2.16. The first kappa shape index (κ1) is 24.4. The molecule has 2 N–H and O–H groups in total. The molecule has 0 aromatic heterocycles. The summed E-state index contributed by atoms with van der Waals surface area (Å²) in [5, 5.41) is 13.6. The van der Waals surface area contributed by atoms with Gasteiger partial charge < -0.3 is 20.1 Å². The number of ether oxygens (including phenoxy) is 1. The van der Waals surface area contributed by atoms with Gasteiger partial charge in [-0.2, -0.15) is 0 Å². The van der Waals surface area contributed by atoms with Crippen LogP contribution in [0.2, 0.25) is 0 Å². The van der Waals surface area contributed by atoms with Crippen molar-refractivity contribution in [1.82, 2.24) is 10.2 Å². The van der Waals surface area contributed by atoms with Crippen LogP contribution < -0.4 is 5.32 Å².